The second-order valence-electron chi connectivity index (χ2n) is 4.82. The van der Waals surface area contributed by atoms with Crippen molar-refractivity contribution in [2.75, 3.05) is 13.1 Å². The van der Waals surface area contributed by atoms with Crippen molar-refractivity contribution >= 4 is 24.2 Å². The van der Waals surface area contributed by atoms with E-state index in [9.17, 15) is 9.59 Å². The van der Waals surface area contributed by atoms with Crippen LogP contribution in [-0.4, -0.2) is 37.0 Å². The average molecular weight is 278 g/mol. The van der Waals surface area contributed by atoms with E-state index in [2.05, 4.69) is 16.0 Å². The molecule has 5 nitrogen and oxygen atoms in total. The van der Waals surface area contributed by atoms with Crippen molar-refractivity contribution in [1.29, 1.82) is 0 Å². The molecule has 1 fully saturated rings. The lowest BCUT2D eigenvalue weighted by atomic mass is 10.1. The number of hydrogen-bond donors (Lipinski definition) is 3. The van der Waals surface area contributed by atoms with E-state index in [-0.39, 0.29) is 30.3 Å². The molecule has 0 aromatic heterocycles. The van der Waals surface area contributed by atoms with Crippen molar-refractivity contribution in [3.05, 3.63) is 0 Å². The van der Waals surface area contributed by atoms with E-state index in [4.69, 9.17) is 0 Å². The molecule has 0 aliphatic carbocycles. The highest BCUT2D eigenvalue weighted by Gasteiger charge is 2.17. The summed E-state index contributed by atoms with van der Waals surface area (Å²) in [6.07, 6.45) is 3.09. The lowest BCUT2D eigenvalue weighted by molar-refractivity contribution is -0.122. The third kappa shape index (κ3) is 7.50. The highest BCUT2D eigenvalue weighted by atomic mass is 35.5. The molecular weight excluding hydrogens is 254 g/mol. The zero-order valence-corrected chi connectivity index (χ0v) is 11.9. The fourth-order valence-corrected chi connectivity index (χ4v) is 1.94. The van der Waals surface area contributed by atoms with Gasteiger partial charge in [0.05, 0.1) is 0 Å². The maximum Gasteiger partial charge on any atom is 0.221 e. The Morgan fingerprint density at radius 3 is 2.61 bits per heavy atom. The topological polar surface area (TPSA) is 70.2 Å². The third-order valence-corrected chi connectivity index (χ3v) is 2.72. The van der Waals surface area contributed by atoms with Crippen LogP contribution in [0.3, 0.4) is 0 Å². The second kappa shape index (κ2) is 9.16. The van der Waals surface area contributed by atoms with Gasteiger partial charge in [0.2, 0.25) is 11.8 Å². The van der Waals surface area contributed by atoms with Gasteiger partial charge in [-0.1, -0.05) is 0 Å². The Morgan fingerprint density at radius 2 is 2.06 bits per heavy atom. The fraction of sp³-hybridized carbons (Fsp3) is 0.833. The molecular formula is C12H24ClN3O2. The molecule has 3 N–H and O–H groups in total. The van der Waals surface area contributed by atoms with Crippen LogP contribution in [0.1, 0.15) is 39.5 Å². The van der Waals surface area contributed by atoms with Crippen molar-refractivity contribution in [2.45, 2.75) is 51.6 Å². The molecule has 0 aromatic carbocycles. The molecule has 1 atom stereocenters. The number of carbonyl (C=O) groups excluding carboxylic acids is 2. The summed E-state index contributed by atoms with van der Waals surface area (Å²) in [6, 6.07) is 0.473. The standard InChI is InChI=1S/C12H23N3O2.ClH/c1-9(2)15-11(16)5-7-14-12(17)8-10-4-3-6-13-10;/h9-10,13H,3-8H2,1-2H3,(H,14,17)(H,15,16);1H. The Balaban J connectivity index is 0.00000289. The van der Waals surface area contributed by atoms with Gasteiger partial charge in [-0.05, 0) is 33.2 Å². The van der Waals surface area contributed by atoms with Gasteiger partial charge in [0.15, 0.2) is 0 Å². The molecule has 0 saturated carbocycles. The quantitative estimate of drug-likeness (QED) is 0.665. The first-order valence-corrected chi connectivity index (χ1v) is 6.37. The van der Waals surface area contributed by atoms with Crippen LogP contribution in [-0.2, 0) is 9.59 Å². The van der Waals surface area contributed by atoms with Crippen LogP contribution < -0.4 is 16.0 Å². The first-order valence-electron chi connectivity index (χ1n) is 6.37. The van der Waals surface area contributed by atoms with E-state index in [0.29, 0.717) is 25.4 Å². The van der Waals surface area contributed by atoms with Gasteiger partial charge in [0, 0.05) is 31.5 Å². The van der Waals surface area contributed by atoms with Gasteiger partial charge in [-0.25, -0.2) is 0 Å². The Bertz CT molecular complexity index is 266. The average Bonchev–Trinajstić information content (AvgIpc) is 2.69. The lowest BCUT2D eigenvalue weighted by Gasteiger charge is -2.11. The first kappa shape index (κ1) is 17.2. The predicted molar refractivity (Wildman–Crippen MR) is 73.8 cm³/mol. The molecule has 0 spiro atoms. The van der Waals surface area contributed by atoms with Gasteiger partial charge in [-0.3, -0.25) is 9.59 Å². The summed E-state index contributed by atoms with van der Waals surface area (Å²) in [6.45, 7) is 5.27. The summed E-state index contributed by atoms with van der Waals surface area (Å²) in [5.41, 5.74) is 0. The molecule has 106 valence electrons. The minimum atomic E-state index is -0.0145. The number of rotatable bonds is 6. The van der Waals surface area contributed by atoms with Gasteiger partial charge in [-0.15, -0.1) is 12.4 Å². The molecule has 0 aromatic rings. The number of hydrogen-bond acceptors (Lipinski definition) is 3. The van der Waals surface area contributed by atoms with Gasteiger partial charge >= 0.3 is 0 Å². The molecule has 2 amide bonds. The molecule has 0 radical (unpaired) electrons. The van der Waals surface area contributed by atoms with E-state index in [1.807, 2.05) is 13.8 Å². The Kier molecular flexibility index (Phi) is 8.75. The summed E-state index contributed by atoms with van der Waals surface area (Å²) >= 11 is 0. The molecule has 18 heavy (non-hydrogen) atoms. The van der Waals surface area contributed by atoms with Crippen LogP contribution in [0.4, 0.5) is 0 Å². The highest BCUT2D eigenvalue weighted by Crippen LogP contribution is 2.07. The maximum atomic E-state index is 11.5. The number of carbonyl (C=O) groups is 2. The Morgan fingerprint density at radius 1 is 1.33 bits per heavy atom. The molecule has 1 aliphatic heterocycles. The minimum Gasteiger partial charge on any atom is -0.356 e. The molecule has 0 bridgehead atoms. The predicted octanol–water partition coefficient (Wildman–Crippen LogP) is 0.581. The van der Waals surface area contributed by atoms with Crippen LogP contribution in [0.15, 0.2) is 0 Å². The second-order valence-corrected chi connectivity index (χ2v) is 4.82. The molecule has 1 unspecified atom stereocenters. The summed E-state index contributed by atoms with van der Waals surface area (Å²) in [5.74, 6) is 0.0149. The van der Waals surface area contributed by atoms with Crippen LogP contribution in [0.2, 0.25) is 0 Å². The Labute approximate surface area is 115 Å². The number of amides is 2. The third-order valence-electron chi connectivity index (χ3n) is 2.72. The van der Waals surface area contributed by atoms with Crippen molar-refractivity contribution in [2.24, 2.45) is 0 Å². The maximum absolute atomic E-state index is 11.5. The van der Waals surface area contributed by atoms with E-state index >= 15 is 0 Å². The highest BCUT2D eigenvalue weighted by molar-refractivity contribution is 5.85. The number of halogens is 1. The van der Waals surface area contributed by atoms with Crippen molar-refractivity contribution < 1.29 is 9.59 Å². The molecule has 1 aliphatic rings. The van der Waals surface area contributed by atoms with E-state index in [0.717, 1.165) is 19.4 Å². The van der Waals surface area contributed by atoms with Crippen LogP contribution in [0, 0.1) is 0 Å². The molecule has 1 rings (SSSR count). The van der Waals surface area contributed by atoms with Crippen LogP contribution in [0.25, 0.3) is 0 Å². The molecule has 1 heterocycles. The first-order chi connectivity index (χ1) is 8.08. The smallest absolute Gasteiger partial charge is 0.221 e. The van der Waals surface area contributed by atoms with Crippen LogP contribution >= 0.6 is 12.4 Å². The van der Waals surface area contributed by atoms with Gasteiger partial charge in [0.1, 0.15) is 0 Å². The summed E-state index contributed by atoms with van der Waals surface area (Å²) in [4.78, 5) is 22.8. The fourth-order valence-electron chi connectivity index (χ4n) is 1.94. The minimum absolute atomic E-state index is 0. The van der Waals surface area contributed by atoms with Gasteiger partial charge < -0.3 is 16.0 Å². The lowest BCUT2D eigenvalue weighted by Crippen LogP contribution is -2.36. The van der Waals surface area contributed by atoms with Crippen LogP contribution in [0.5, 0.6) is 0 Å². The number of nitrogens with one attached hydrogen (secondary N) is 3. The van der Waals surface area contributed by atoms with E-state index in [1.54, 1.807) is 0 Å². The van der Waals surface area contributed by atoms with Gasteiger partial charge in [0.25, 0.3) is 0 Å². The normalized spacial score (nSPS) is 18.3. The van der Waals surface area contributed by atoms with Crippen molar-refractivity contribution in [3.63, 3.8) is 0 Å². The Hall–Kier alpha value is -0.810. The van der Waals surface area contributed by atoms with Gasteiger partial charge in [-0.2, -0.15) is 0 Å². The zero-order chi connectivity index (χ0) is 12.7. The monoisotopic (exact) mass is 277 g/mol. The summed E-state index contributed by atoms with van der Waals surface area (Å²) < 4.78 is 0. The summed E-state index contributed by atoms with van der Waals surface area (Å²) in [5, 5.41) is 8.83. The zero-order valence-electron chi connectivity index (χ0n) is 11.1. The molecule has 1 saturated heterocycles. The van der Waals surface area contributed by atoms with E-state index in [1.165, 1.54) is 0 Å². The van der Waals surface area contributed by atoms with Crippen molar-refractivity contribution in [3.8, 4) is 0 Å². The SMILES string of the molecule is CC(C)NC(=O)CCNC(=O)CC1CCCN1.Cl. The largest absolute Gasteiger partial charge is 0.356 e. The van der Waals surface area contributed by atoms with Crippen molar-refractivity contribution in [1.82, 2.24) is 16.0 Å². The summed E-state index contributed by atoms with van der Waals surface area (Å²) in [7, 11) is 0. The molecule has 6 heteroatoms. The van der Waals surface area contributed by atoms with E-state index < -0.39 is 0 Å².